The average Bonchev–Trinajstić information content (AvgIpc) is 2.82. The molecule has 0 amide bonds. The van der Waals surface area contributed by atoms with Crippen molar-refractivity contribution in [2.75, 3.05) is 0 Å². The van der Waals surface area contributed by atoms with Gasteiger partial charge in [0.25, 0.3) is 0 Å². The Kier molecular flexibility index (Phi) is 2.53. The molecule has 0 aromatic carbocycles. The Labute approximate surface area is 98.4 Å². The van der Waals surface area contributed by atoms with Crippen molar-refractivity contribution >= 4 is 11.3 Å². The van der Waals surface area contributed by atoms with E-state index in [9.17, 15) is 5.11 Å². The van der Waals surface area contributed by atoms with E-state index in [1.165, 1.54) is 12.8 Å². The third kappa shape index (κ3) is 2.03. The second-order valence-corrected chi connectivity index (χ2v) is 5.30. The topological polar surface area (TPSA) is 38.0 Å². The minimum atomic E-state index is -0.266. The van der Waals surface area contributed by atoms with E-state index in [1.54, 1.807) is 11.3 Å². The summed E-state index contributed by atoms with van der Waals surface area (Å²) >= 11 is 1.66. The highest BCUT2D eigenvalue weighted by Crippen LogP contribution is 2.40. The number of aromatic nitrogens is 2. The largest absolute Gasteiger partial charge is 0.388 e. The van der Waals surface area contributed by atoms with Gasteiger partial charge in [-0.15, -0.1) is 11.3 Å². The van der Waals surface area contributed by atoms with Gasteiger partial charge in [0, 0.05) is 24.0 Å². The maximum Gasteiger partial charge on any atom is 0.112 e. The van der Waals surface area contributed by atoms with Crippen LogP contribution in [0.25, 0.3) is 0 Å². The number of aliphatic hydroxyl groups is 1. The summed E-state index contributed by atoms with van der Waals surface area (Å²) in [5.41, 5.74) is 1.04. The van der Waals surface area contributed by atoms with Gasteiger partial charge in [0.1, 0.15) is 5.01 Å². The van der Waals surface area contributed by atoms with E-state index in [1.807, 2.05) is 30.0 Å². The molecule has 3 nitrogen and oxygen atoms in total. The Morgan fingerprint density at radius 3 is 3.12 bits per heavy atom. The fraction of sp³-hybridized carbons (Fsp3) is 0.417. The van der Waals surface area contributed by atoms with Gasteiger partial charge < -0.3 is 9.67 Å². The maximum atomic E-state index is 9.97. The van der Waals surface area contributed by atoms with Crippen molar-refractivity contribution in [2.24, 2.45) is 5.92 Å². The predicted molar refractivity (Wildman–Crippen MR) is 63.3 cm³/mol. The van der Waals surface area contributed by atoms with Crippen LogP contribution in [0.5, 0.6) is 0 Å². The Bertz CT molecular complexity index is 459. The molecule has 0 bridgehead atoms. The second-order valence-electron chi connectivity index (χ2n) is 4.33. The number of rotatable bonds is 4. The first-order valence-corrected chi connectivity index (χ1v) is 6.43. The number of nitrogens with zero attached hydrogens (tertiary/aromatic N) is 2. The van der Waals surface area contributed by atoms with Crippen molar-refractivity contribution in [3.8, 4) is 0 Å². The lowest BCUT2D eigenvalue weighted by atomic mass is 10.1. The van der Waals surface area contributed by atoms with Gasteiger partial charge in [-0.05, 0) is 30.4 Å². The van der Waals surface area contributed by atoms with E-state index < -0.39 is 0 Å². The predicted octanol–water partition coefficient (Wildman–Crippen LogP) is 2.44. The first kappa shape index (κ1) is 10.1. The van der Waals surface area contributed by atoms with Crippen molar-refractivity contribution in [3.05, 3.63) is 40.6 Å². The minimum absolute atomic E-state index is 0.266. The molecule has 0 saturated heterocycles. The summed E-state index contributed by atoms with van der Waals surface area (Å²) in [7, 11) is 0. The molecule has 1 saturated carbocycles. The average molecular weight is 234 g/mol. The maximum absolute atomic E-state index is 9.97. The molecular weight excluding hydrogens is 220 g/mol. The van der Waals surface area contributed by atoms with Gasteiger partial charge in [-0.1, -0.05) is 0 Å². The van der Waals surface area contributed by atoms with Crippen LogP contribution in [0.2, 0.25) is 0 Å². The van der Waals surface area contributed by atoms with E-state index in [4.69, 9.17) is 0 Å². The summed E-state index contributed by atoms with van der Waals surface area (Å²) in [5, 5.41) is 13.1. The van der Waals surface area contributed by atoms with Crippen LogP contribution in [0.15, 0.2) is 30.0 Å². The fourth-order valence-corrected chi connectivity index (χ4v) is 2.53. The highest BCUT2D eigenvalue weighted by molar-refractivity contribution is 7.09. The Morgan fingerprint density at radius 1 is 1.56 bits per heavy atom. The van der Waals surface area contributed by atoms with Crippen LogP contribution < -0.4 is 0 Å². The smallest absolute Gasteiger partial charge is 0.112 e. The molecule has 4 heteroatoms. The van der Waals surface area contributed by atoms with Crippen LogP contribution in [0.3, 0.4) is 0 Å². The second kappa shape index (κ2) is 4.03. The van der Waals surface area contributed by atoms with E-state index in [2.05, 4.69) is 9.55 Å². The Balaban J connectivity index is 1.72. The van der Waals surface area contributed by atoms with Gasteiger partial charge in [0.2, 0.25) is 0 Å². The van der Waals surface area contributed by atoms with Crippen LogP contribution in [0.1, 0.15) is 29.5 Å². The van der Waals surface area contributed by atoms with Crippen LogP contribution in [-0.4, -0.2) is 14.7 Å². The molecule has 2 aromatic rings. The monoisotopic (exact) mass is 234 g/mol. The normalized spacial score (nSPS) is 17.6. The quantitative estimate of drug-likeness (QED) is 0.882. The summed E-state index contributed by atoms with van der Waals surface area (Å²) in [5.74, 6) is 0.496. The number of hydrogen-bond acceptors (Lipinski definition) is 3. The van der Waals surface area contributed by atoms with Gasteiger partial charge >= 0.3 is 0 Å². The third-order valence-electron chi connectivity index (χ3n) is 2.98. The van der Waals surface area contributed by atoms with Crippen LogP contribution in [-0.2, 0) is 6.54 Å². The molecule has 1 N–H and O–H groups in total. The first-order chi connectivity index (χ1) is 7.83. The van der Waals surface area contributed by atoms with Crippen molar-refractivity contribution < 1.29 is 5.11 Å². The molecule has 1 aliphatic rings. The zero-order chi connectivity index (χ0) is 11.0. The number of hydrogen-bond donors (Lipinski definition) is 1. The fourth-order valence-electron chi connectivity index (χ4n) is 1.90. The van der Waals surface area contributed by atoms with Crippen LogP contribution >= 0.6 is 11.3 Å². The molecule has 0 aliphatic heterocycles. The number of aliphatic hydroxyl groups excluding tert-OH is 1. The highest BCUT2D eigenvalue weighted by Gasteiger charge is 2.31. The minimum Gasteiger partial charge on any atom is -0.388 e. The summed E-state index contributed by atoms with van der Waals surface area (Å²) in [4.78, 5) is 4.25. The standard InChI is InChI=1S/C12H14N2OS/c15-12(9-1-2-9)10-3-5-14(7-10)8-11-13-4-6-16-11/h3-7,9,12,15H,1-2,8H2. The molecule has 16 heavy (non-hydrogen) atoms. The van der Waals surface area contributed by atoms with Gasteiger partial charge in [-0.2, -0.15) is 0 Å². The molecule has 2 heterocycles. The lowest BCUT2D eigenvalue weighted by Gasteiger charge is -2.05. The lowest BCUT2D eigenvalue weighted by Crippen LogP contribution is -1.99. The third-order valence-corrected chi connectivity index (χ3v) is 3.75. The van der Waals surface area contributed by atoms with Crippen LogP contribution in [0, 0.1) is 5.92 Å². The van der Waals surface area contributed by atoms with Gasteiger partial charge in [0.15, 0.2) is 0 Å². The molecule has 2 aromatic heterocycles. The van der Waals surface area contributed by atoms with E-state index >= 15 is 0 Å². The summed E-state index contributed by atoms with van der Waals surface area (Å²) in [6, 6.07) is 2.01. The first-order valence-electron chi connectivity index (χ1n) is 5.55. The van der Waals surface area contributed by atoms with E-state index in [0.717, 1.165) is 17.1 Å². The molecule has 1 aliphatic carbocycles. The molecule has 0 spiro atoms. The van der Waals surface area contributed by atoms with Crippen molar-refractivity contribution in [1.82, 2.24) is 9.55 Å². The highest BCUT2D eigenvalue weighted by atomic mass is 32.1. The molecule has 0 radical (unpaired) electrons. The Morgan fingerprint density at radius 2 is 2.44 bits per heavy atom. The Hall–Kier alpha value is -1.13. The van der Waals surface area contributed by atoms with E-state index in [-0.39, 0.29) is 6.10 Å². The van der Waals surface area contributed by atoms with Crippen LogP contribution in [0.4, 0.5) is 0 Å². The van der Waals surface area contributed by atoms with E-state index in [0.29, 0.717) is 5.92 Å². The summed E-state index contributed by atoms with van der Waals surface area (Å²) < 4.78 is 2.08. The van der Waals surface area contributed by atoms with Crippen molar-refractivity contribution in [2.45, 2.75) is 25.5 Å². The molecule has 84 valence electrons. The van der Waals surface area contributed by atoms with Gasteiger partial charge in [0.05, 0.1) is 12.6 Å². The SMILES string of the molecule is OC(c1ccn(Cc2nccs2)c1)C1CC1. The van der Waals surface area contributed by atoms with Gasteiger partial charge in [-0.25, -0.2) is 4.98 Å². The van der Waals surface area contributed by atoms with Crippen molar-refractivity contribution in [3.63, 3.8) is 0 Å². The molecule has 1 unspecified atom stereocenters. The summed E-state index contributed by atoms with van der Waals surface area (Å²) in [6.07, 6.45) is 7.94. The molecular formula is C12H14N2OS. The van der Waals surface area contributed by atoms with Crippen molar-refractivity contribution in [1.29, 1.82) is 0 Å². The zero-order valence-corrected chi connectivity index (χ0v) is 9.73. The van der Waals surface area contributed by atoms with Gasteiger partial charge in [-0.3, -0.25) is 0 Å². The number of thiazole rings is 1. The molecule has 1 atom stereocenters. The summed E-state index contributed by atoms with van der Waals surface area (Å²) in [6.45, 7) is 0.801. The molecule has 3 rings (SSSR count). The zero-order valence-electron chi connectivity index (χ0n) is 8.91. The molecule has 1 fully saturated rings. The lowest BCUT2D eigenvalue weighted by molar-refractivity contribution is 0.154.